The fraction of sp³-hybridized carbons (Fsp3) is 0.682. The molecule has 52 heavy (non-hydrogen) atoms. The van der Waals surface area contributed by atoms with Gasteiger partial charge in [0, 0.05) is 48.4 Å². The van der Waals surface area contributed by atoms with Gasteiger partial charge in [-0.15, -0.1) is 0 Å². The molecule has 0 bridgehead atoms. The molecule has 1 aliphatic carbocycles. The Morgan fingerprint density at radius 3 is 1.10 bits per heavy atom. The number of rotatable bonds is 28. The van der Waals surface area contributed by atoms with Crippen LogP contribution in [-0.2, 0) is 0 Å². The van der Waals surface area contributed by atoms with Crippen LogP contribution in [0.2, 0.25) is 0 Å². The first kappa shape index (κ1) is 48.3. The Morgan fingerprint density at radius 1 is 0.442 bits per heavy atom. The van der Waals surface area contributed by atoms with E-state index >= 15 is 0 Å². The molecular formula is C44H74Br2N4O2. The number of benzene rings is 2. The highest BCUT2D eigenvalue weighted by molar-refractivity contribution is 6.31. The fourth-order valence-electron chi connectivity index (χ4n) is 7.55. The topological polar surface area (TPSA) is 58.2 Å². The molecule has 296 valence electrons. The summed E-state index contributed by atoms with van der Waals surface area (Å²) in [7, 11) is 9.33. The molecule has 1 aliphatic rings. The number of carbonyl (C=O) groups is 2. The van der Waals surface area contributed by atoms with Gasteiger partial charge in [-0.3, -0.25) is 9.59 Å². The summed E-state index contributed by atoms with van der Waals surface area (Å²) in [6.07, 6.45) is 23.6. The molecule has 6 nitrogen and oxygen atoms in total. The van der Waals surface area contributed by atoms with Crippen molar-refractivity contribution < 1.29 is 52.5 Å². The van der Waals surface area contributed by atoms with Gasteiger partial charge in [-0.1, -0.05) is 115 Å². The van der Waals surface area contributed by atoms with Gasteiger partial charge in [-0.2, -0.15) is 0 Å². The van der Waals surface area contributed by atoms with Gasteiger partial charge >= 0.3 is 0 Å². The van der Waals surface area contributed by atoms with Crippen LogP contribution in [0.3, 0.4) is 0 Å². The molecule has 2 aromatic rings. The van der Waals surface area contributed by atoms with E-state index < -0.39 is 0 Å². The average Bonchev–Trinajstić information content (AvgIpc) is 3.10. The summed E-state index contributed by atoms with van der Waals surface area (Å²) < 4.78 is 2.02. The van der Waals surface area contributed by atoms with Crippen molar-refractivity contribution in [1.29, 1.82) is 0 Å². The minimum Gasteiger partial charge on any atom is -1.00 e. The van der Waals surface area contributed by atoms with E-state index in [-0.39, 0.29) is 45.5 Å². The van der Waals surface area contributed by atoms with Crippen molar-refractivity contribution in [2.24, 2.45) is 0 Å². The number of ketones is 2. The standard InChI is InChI=1S/C44H72N4O2.2BrH/c1-7-9-11-13-15-17-19-23-33-47(3,4)35-25-31-45-39-29-30-40(42-41(39)43(49)37-27-21-22-28-38(37)44(42)50)46-32-26-36-48(5,6)34-24-20-18-16-14-12-10-8-2;;/h21-22,27-30H,7-20,23-26,31-36H2,1-6H3;2*1H. The number of unbranched alkanes of at least 4 members (excludes halogenated alkanes) is 14. The zero-order valence-electron chi connectivity index (χ0n) is 33.9. The Labute approximate surface area is 340 Å². The number of halogens is 2. The summed E-state index contributed by atoms with van der Waals surface area (Å²) in [4.78, 5) is 27.8. The van der Waals surface area contributed by atoms with Crippen LogP contribution in [0.4, 0.5) is 11.4 Å². The van der Waals surface area contributed by atoms with Crippen LogP contribution in [0, 0.1) is 0 Å². The predicted molar refractivity (Wildman–Crippen MR) is 215 cm³/mol. The molecule has 0 saturated carbocycles. The first-order chi connectivity index (χ1) is 24.1. The van der Waals surface area contributed by atoms with Gasteiger partial charge in [0.15, 0.2) is 11.6 Å². The largest absolute Gasteiger partial charge is 1.00 e. The van der Waals surface area contributed by atoms with Crippen LogP contribution >= 0.6 is 0 Å². The molecule has 0 radical (unpaired) electrons. The summed E-state index contributed by atoms with van der Waals surface area (Å²) >= 11 is 0. The number of carbonyl (C=O) groups excluding carboxylic acids is 2. The van der Waals surface area contributed by atoms with Crippen molar-refractivity contribution in [3.8, 4) is 0 Å². The van der Waals surface area contributed by atoms with Crippen LogP contribution in [0.25, 0.3) is 0 Å². The van der Waals surface area contributed by atoms with Crippen molar-refractivity contribution >= 4 is 22.9 Å². The maximum absolute atomic E-state index is 13.9. The summed E-state index contributed by atoms with van der Waals surface area (Å²) in [5.74, 6) is -0.120. The molecule has 2 N–H and O–H groups in total. The molecule has 0 spiro atoms. The molecule has 0 aliphatic heterocycles. The van der Waals surface area contributed by atoms with Crippen LogP contribution < -0.4 is 44.6 Å². The summed E-state index contributed by atoms with van der Waals surface area (Å²) in [5.41, 5.74) is 3.61. The van der Waals surface area contributed by atoms with Gasteiger partial charge in [-0.25, -0.2) is 0 Å². The number of nitrogens with zero attached hydrogens (tertiary/aromatic N) is 2. The highest BCUT2D eigenvalue weighted by Gasteiger charge is 2.34. The van der Waals surface area contributed by atoms with E-state index in [1.54, 1.807) is 12.1 Å². The van der Waals surface area contributed by atoms with Crippen LogP contribution in [0.1, 0.15) is 161 Å². The Hall–Kier alpha value is -1.74. The number of hydrogen-bond donors (Lipinski definition) is 2. The molecule has 3 rings (SSSR count). The number of fused-ring (bicyclic) bond motifs is 2. The monoisotopic (exact) mass is 848 g/mol. The van der Waals surface area contributed by atoms with E-state index in [9.17, 15) is 9.59 Å². The number of quaternary nitrogens is 2. The zero-order chi connectivity index (χ0) is 36.2. The van der Waals surface area contributed by atoms with Crippen LogP contribution in [-0.4, -0.2) is 88.0 Å². The van der Waals surface area contributed by atoms with E-state index in [0.29, 0.717) is 22.3 Å². The zero-order valence-corrected chi connectivity index (χ0v) is 37.1. The second-order valence-corrected chi connectivity index (χ2v) is 16.4. The molecule has 0 heterocycles. The second-order valence-electron chi connectivity index (χ2n) is 16.4. The van der Waals surface area contributed by atoms with E-state index in [4.69, 9.17) is 0 Å². The smallest absolute Gasteiger partial charge is 0.196 e. The van der Waals surface area contributed by atoms with Crippen LogP contribution in [0.15, 0.2) is 36.4 Å². The van der Waals surface area contributed by atoms with Crippen molar-refractivity contribution in [3.05, 3.63) is 58.7 Å². The lowest BCUT2D eigenvalue weighted by Crippen LogP contribution is -3.00. The van der Waals surface area contributed by atoms with Crippen molar-refractivity contribution in [1.82, 2.24) is 0 Å². The first-order valence-electron chi connectivity index (χ1n) is 20.6. The van der Waals surface area contributed by atoms with Crippen molar-refractivity contribution in [3.63, 3.8) is 0 Å². The van der Waals surface area contributed by atoms with Crippen molar-refractivity contribution in [2.45, 2.75) is 129 Å². The lowest BCUT2D eigenvalue weighted by atomic mass is 9.82. The summed E-state index contributed by atoms with van der Waals surface area (Å²) in [6, 6.07) is 11.3. The Balaban J connectivity index is 0.00000676. The van der Waals surface area contributed by atoms with Gasteiger partial charge in [0.25, 0.3) is 0 Å². The fourth-order valence-corrected chi connectivity index (χ4v) is 7.55. The van der Waals surface area contributed by atoms with Gasteiger partial charge in [-0.05, 0) is 37.8 Å². The van der Waals surface area contributed by atoms with Gasteiger partial charge in [0.05, 0.1) is 65.5 Å². The highest BCUT2D eigenvalue weighted by Crippen LogP contribution is 2.36. The third kappa shape index (κ3) is 16.7. The van der Waals surface area contributed by atoms with Gasteiger partial charge in [0.1, 0.15) is 0 Å². The molecule has 0 saturated heterocycles. The van der Waals surface area contributed by atoms with Crippen molar-refractivity contribution in [2.75, 3.05) is 78.1 Å². The second kappa shape index (κ2) is 26.1. The quantitative estimate of drug-likeness (QED) is 0.0836. The van der Waals surface area contributed by atoms with Gasteiger partial charge in [0.2, 0.25) is 0 Å². The molecule has 8 heteroatoms. The molecule has 0 unspecified atom stereocenters. The minimum absolute atomic E-state index is 0. The Morgan fingerprint density at radius 2 is 0.750 bits per heavy atom. The number of nitrogens with one attached hydrogen (secondary N) is 2. The minimum atomic E-state index is -0.0599. The average molecular weight is 851 g/mol. The number of anilines is 2. The van der Waals surface area contributed by atoms with E-state index in [1.165, 1.54) is 116 Å². The molecular weight excluding hydrogens is 776 g/mol. The highest BCUT2D eigenvalue weighted by atomic mass is 79.9. The predicted octanol–water partition coefficient (Wildman–Crippen LogP) is 4.51. The maximum atomic E-state index is 13.9. The van der Waals surface area contributed by atoms with E-state index in [0.717, 1.165) is 59.4 Å². The molecule has 0 aromatic heterocycles. The molecule has 2 aromatic carbocycles. The Kier molecular flexibility index (Phi) is 24.3. The summed E-state index contributed by atoms with van der Waals surface area (Å²) in [5, 5.41) is 7.14. The SMILES string of the molecule is CCCCCCCCCC[N+](C)(C)CCCNc1ccc(NCCC[N+](C)(C)CCCCCCCCCC)c2c1C(=O)c1ccccc1C2=O.[Br-].[Br-]. The third-order valence-electron chi connectivity index (χ3n) is 10.8. The normalized spacial score (nSPS) is 12.5. The van der Waals surface area contributed by atoms with Gasteiger partial charge < -0.3 is 53.6 Å². The first-order valence-corrected chi connectivity index (χ1v) is 20.6. The van der Waals surface area contributed by atoms with E-state index in [1.807, 2.05) is 24.3 Å². The van der Waals surface area contributed by atoms with E-state index in [2.05, 4.69) is 52.7 Å². The van der Waals surface area contributed by atoms with Crippen LogP contribution in [0.5, 0.6) is 0 Å². The molecule has 0 amide bonds. The summed E-state index contributed by atoms with van der Waals surface area (Å²) in [6.45, 7) is 10.6. The third-order valence-corrected chi connectivity index (χ3v) is 10.8. The lowest BCUT2D eigenvalue weighted by molar-refractivity contribution is -0.890. The number of hydrogen-bond acceptors (Lipinski definition) is 4. The molecule has 0 atom stereocenters. The Bertz CT molecular complexity index is 1220. The lowest BCUT2D eigenvalue weighted by Gasteiger charge is -2.30. The maximum Gasteiger partial charge on any atom is 0.196 e. The molecule has 0 fully saturated rings.